The van der Waals surface area contributed by atoms with E-state index in [-0.39, 0.29) is 24.3 Å². The number of ether oxygens (including phenoxy) is 1. The van der Waals surface area contributed by atoms with Crippen molar-refractivity contribution in [1.82, 2.24) is 9.13 Å². The molecule has 8 heteroatoms. The van der Waals surface area contributed by atoms with Crippen molar-refractivity contribution < 1.29 is 14.6 Å². The first-order valence-corrected chi connectivity index (χ1v) is 13.4. The Kier molecular flexibility index (Phi) is 8.07. The molecule has 1 aromatic heterocycles. The number of carbonyl (C=O) groups is 1. The second-order valence-electron chi connectivity index (χ2n) is 9.07. The largest absolute Gasteiger partial charge is 0.490 e. The van der Waals surface area contributed by atoms with Gasteiger partial charge >= 0.3 is 11.7 Å². The van der Waals surface area contributed by atoms with Gasteiger partial charge in [0, 0.05) is 11.0 Å². The average Bonchev–Trinajstić information content (AvgIpc) is 2.98. The first kappa shape index (κ1) is 26.9. The van der Waals surface area contributed by atoms with E-state index < -0.39 is 17.7 Å². The van der Waals surface area contributed by atoms with Gasteiger partial charge in [0.2, 0.25) is 0 Å². The Bertz CT molecular complexity index is 1750. The van der Waals surface area contributed by atoms with Crippen molar-refractivity contribution in [3.8, 4) is 5.75 Å². The van der Waals surface area contributed by atoms with Gasteiger partial charge in [-0.25, -0.2) is 14.2 Å². The zero-order valence-corrected chi connectivity index (χ0v) is 22.9. The molecule has 200 valence electrons. The first-order chi connectivity index (χ1) is 19.4. The van der Waals surface area contributed by atoms with E-state index in [1.807, 2.05) is 72.8 Å². The summed E-state index contributed by atoms with van der Waals surface area (Å²) in [5, 5.41) is 9.46. The molecule has 0 saturated carbocycles. The van der Waals surface area contributed by atoms with E-state index in [1.165, 1.54) is 16.7 Å². The van der Waals surface area contributed by atoms with Gasteiger partial charge in [0.25, 0.3) is 5.56 Å². The van der Waals surface area contributed by atoms with Crippen molar-refractivity contribution in [2.75, 3.05) is 6.61 Å². The molecule has 4 aromatic carbocycles. The minimum atomic E-state index is -1.00. The number of allylic oxidation sites excluding steroid dienone is 1. The fraction of sp³-hybridized carbons (Fsp3) is 0.0938. The molecule has 5 rings (SSSR count). The molecule has 0 radical (unpaired) electrons. The standard InChI is InChI=1S/C32H25BrN2O5/c33-25-15-18-28-27(21-25)30(36)35(29(22-9-3-1-4-10-22)23-11-5-2-6-12-23)32(39)34(28)19-7-8-20-40-26-16-13-24(14-17-26)31(37)38/h1-18,21,29H,19-20H2,(H,37,38)/b8-7+. The molecular weight excluding hydrogens is 572 g/mol. The predicted molar refractivity (Wildman–Crippen MR) is 158 cm³/mol. The van der Waals surface area contributed by atoms with Crippen LogP contribution in [0.2, 0.25) is 0 Å². The Morgan fingerprint density at radius 2 is 1.48 bits per heavy atom. The number of rotatable bonds is 9. The van der Waals surface area contributed by atoms with Crippen LogP contribution in [0, 0.1) is 0 Å². The van der Waals surface area contributed by atoms with Crippen LogP contribution in [-0.4, -0.2) is 26.8 Å². The minimum Gasteiger partial charge on any atom is -0.490 e. The molecule has 0 aliphatic heterocycles. The highest BCUT2D eigenvalue weighted by atomic mass is 79.9. The van der Waals surface area contributed by atoms with Crippen LogP contribution in [0.15, 0.2) is 129 Å². The summed E-state index contributed by atoms with van der Waals surface area (Å²) in [6.07, 6.45) is 3.59. The normalized spacial score (nSPS) is 11.3. The number of carboxylic acid groups (broad SMARTS) is 1. The number of aromatic carboxylic acids is 1. The third kappa shape index (κ3) is 5.67. The fourth-order valence-corrected chi connectivity index (χ4v) is 4.98. The maximum absolute atomic E-state index is 14.1. The lowest BCUT2D eigenvalue weighted by Crippen LogP contribution is -2.43. The van der Waals surface area contributed by atoms with Gasteiger partial charge in [-0.05, 0) is 59.7 Å². The molecule has 0 aliphatic carbocycles. The van der Waals surface area contributed by atoms with Crippen LogP contribution in [-0.2, 0) is 6.54 Å². The van der Waals surface area contributed by atoms with Crippen LogP contribution in [0.1, 0.15) is 27.5 Å². The number of hydrogen-bond donors (Lipinski definition) is 1. The third-order valence-electron chi connectivity index (χ3n) is 6.53. The number of carboxylic acids is 1. The zero-order chi connectivity index (χ0) is 28.1. The molecular formula is C32H25BrN2O5. The van der Waals surface area contributed by atoms with Gasteiger partial charge in [-0.3, -0.25) is 9.36 Å². The summed E-state index contributed by atoms with van der Waals surface area (Å²) in [7, 11) is 0. The molecule has 40 heavy (non-hydrogen) atoms. The molecule has 0 amide bonds. The first-order valence-electron chi connectivity index (χ1n) is 12.6. The molecule has 7 nitrogen and oxygen atoms in total. The van der Waals surface area contributed by atoms with Crippen molar-refractivity contribution in [2.24, 2.45) is 0 Å². The van der Waals surface area contributed by atoms with E-state index in [4.69, 9.17) is 9.84 Å². The van der Waals surface area contributed by atoms with Gasteiger partial charge in [-0.1, -0.05) is 82.7 Å². The third-order valence-corrected chi connectivity index (χ3v) is 7.02. The second kappa shape index (κ2) is 12.0. The van der Waals surface area contributed by atoms with Crippen molar-refractivity contribution >= 4 is 32.8 Å². The summed E-state index contributed by atoms with van der Waals surface area (Å²) in [5.74, 6) is -0.469. The molecule has 0 atom stereocenters. The lowest BCUT2D eigenvalue weighted by Gasteiger charge is -2.22. The lowest BCUT2D eigenvalue weighted by atomic mass is 9.98. The van der Waals surface area contributed by atoms with Gasteiger partial charge in [0.15, 0.2) is 0 Å². The summed E-state index contributed by atoms with van der Waals surface area (Å²) in [5.41, 5.74) is 1.57. The summed E-state index contributed by atoms with van der Waals surface area (Å²) in [6, 6.07) is 29.9. The van der Waals surface area contributed by atoms with Crippen molar-refractivity contribution in [3.63, 3.8) is 0 Å². The van der Waals surface area contributed by atoms with Gasteiger partial charge < -0.3 is 9.84 Å². The molecule has 0 unspecified atom stereocenters. The molecule has 0 bridgehead atoms. The van der Waals surface area contributed by atoms with Gasteiger partial charge in [0.1, 0.15) is 12.4 Å². The Balaban J connectivity index is 1.53. The summed E-state index contributed by atoms with van der Waals surface area (Å²) in [4.78, 5) is 39.0. The van der Waals surface area contributed by atoms with Crippen LogP contribution in [0.3, 0.4) is 0 Å². The summed E-state index contributed by atoms with van der Waals surface area (Å²) < 4.78 is 9.33. The van der Waals surface area contributed by atoms with E-state index in [9.17, 15) is 14.4 Å². The molecule has 1 heterocycles. The molecule has 1 N–H and O–H groups in total. The SMILES string of the molecule is O=C(O)c1ccc(OC/C=C/Cn2c(=O)n(C(c3ccccc3)c3ccccc3)c(=O)c3cc(Br)ccc32)cc1. The van der Waals surface area contributed by atoms with Crippen molar-refractivity contribution in [3.05, 3.63) is 157 Å². The predicted octanol–water partition coefficient (Wildman–Crippen LogP) is 5.90. The molecule has 0 saturated heterocycles. The summed E-state index contributed by atoms with van der Waals surface area (Å²) >= 11 is 3.47. The quantitative estimate of drug-likeness (QED) is 0.214. The minimum absolute atomic E-state index is 0.181. The Hall–Kier alpha value is -4.69. The van der Waals surface area contributed by atoms with Gasteiger partial charge in [-0.15, -0.1) is 0 Å². The highest BCUT2D eigenvalue weighted by Crippen LogP contribution is 2.25. The smallest absolute Gasteiger partial charge is 0.335 e. The fourth-order valence-electron chi connectivity index (χ4n) is 4.62. The van der Waals surface area contributed by atoms with E-state index in [0.717, 1.165) is 15.6 Å². The molecule has 0 fully saturated rings. The maximum Gasteiger partial charge on any atom is 0.335 e. The van der Waals surface area contributed by atoms with Crippen molar-refractivity contribution in [1.29, 1.82) is 0 Å². The monoisotopic (exact) mass is 596 g/mol. The van der Waals surface area contributed by atoms with Crippen LogP contribution < -0.4 is 16.0 Å². The number of fused-ring (bicyclic) bond motifs is 1. The number of nitrogens with zero attached hydrogens (tertiary/aromatic N) is 2. The molecule has 5 aromatic rings. The summed E-state index contributed by atoms with van der Waals surface area (Å²) in [6.45, 7) is 0.440. The van der Waals surface area contributed by atoms with Crippen LogP contribution in [0.25, 0.3) is 10.9 Å². The highest BCUT2D eigenvalue weighted by molar-refractivity contribution is 9.10. The van der Waals surface area contributed by atoms with E-state index in [1.54, 1.807) is 34.9 Å². The second-order valence-corrected chi connectivity index (χ2v) is 9.98. The Morgan fingerprint density at radius 3 is 2.08 bits per heavy atom. The Morgan fingerprint density at radius 1 is 0.850 bits per heavy atom. The van der Waals surface area contributed by atoms with Gasteiger partial charge in [-0.2, -0.15) is 0 Å². The lowest BCUT2D eigenvalue weighted by molar-refractivity contribution is 0.0697. The number of aromatic nitrogens is 2. The van der Waals surface area contributed by atoms with Crippen LogP contribution in [0.5, 0.6) is 5.75 Å². The number of hydrogen-bond acceptors (Lipinski definition) is 4. The van der Waals surface area contributed by atoms with E-state index in [0.29, 0.717) is 16.7 Å². The number of benzene rings is 4. The van der Waals surface area contributed by atoms with Crippen molar-refractivity contribution in [2.45, 2.75) is 12.6 Å². The highest BCUT2D eigenvalue weighted by Gasteiger charge is 2.23. The average molecular weight is 597 g/mol. The maximum atomic E-state index is 14.1. The number of halogens is 1. The topological polar surface area (TPSA) is 90.5 Å². The van der Waals surface area contributed by atoms with E-state index >= 15 is 0 Å². The molecule has 0 spiro atoms. The van der Waals surface area contributed by atoms with E-state index in [2.05, 4.69) is 15.9 Å². The zero-order valence-electron chi connectivity index (χ0n) is 21.3. The Labute approximate surface area is 238 Å². The van der Waals surface area contributed by atoms with Crippen LogP contribution >= 0.6 is 15.9 Å². The molecule has 0 aliphatic rings. The van der Waals surface area contributed by atoms with Gasteiger partial charge in [0.05, 0.1) is 22.5 Å². The van der Waals surface area contributed by atoms with Crippen LogP contribution in [0.4, 0.5) is 0 Å².